The van der Waals surface area contributed by atoms with Gasteiger partial charge in [0.25, 0.3) is 0 Å². The maximum atomic E-state index is 10.4. The third-order valence-corrected chi connectivity index (χ3v) is 4.23. The summed E-state index contributed by atoms with van der Waals surface area (Å²) in [5, 5.41) is 8.49. The number of benzene rings is 1. The molecule has 1 heterocycles. The molecular weight excluding hydrogens is 352 g/mol. The van der Waals surface area contributed by atoms with Crippen LogP contribution in [0.25, 0.3) is 0 Å². The van der Waals surface area contributed by atoms with Gasteiger partial charge < -0.3 is 19.3 Å². The monoisotopic (exact) mass is 382 g/mol. The van der Waals surface area contributed by atoms with Gasteiger partial charge in [-0.1, -0.05) is 44.2 Å². The van der Waals surface area contributed by atoms with Gasteiger partial charge in [-0.05, 0) is 18.9 Å². The quantitative estimate of drug-likeness (QED) is 0.337. The zero-order chi connectivity index (χ0) is 19.8. The van der Waals surface area contributed by atoms with Gasteiger partial charge in [-0.15, -0.1) is 0 Å². The van der Waals surface area contributed by atoms with Gasteiger partial charge in [0.05, 0.1) is 19.8 Å². The first-order valence-corrected chi connectivity index (χ1v) is 9.20. The maximum absolute atomic E-state index is 10.4. The van der Waals surface area contributed by atoms with Crippen molar-refractivity contribution in [2.75, 3.05) is 33.0 Å². The average Bonchev–Trinajstić information content (AvgIpc) is 3.01. The summed E-state index contributed by atoms with van der Waals surface area (Å²) in [5.74, 6) is -1.66. The Balaban J connectivity index is 1.60. The van der Waals surface area contributed by atoms with E-state index in [9.17, 15) is 4.79 Å². The highest BCUT2D eigenvalue weighted by atomic mass is 17.2. The summed E-state index contributed by atoms with van der Waals surface area (Å²) in [6.07, 6.45) is 1.53. The largest absolute Gasteiger partial charge is 0.479 e. The molecule has 0 bridgehead atoms. The molecule has 0 aromatic heterocycles. The first-order chi connectivity index (χ1) is 12.8. The molecule has 1 N–H and O–H groups in total. The minimum absolute atomic E-state index is 0.0287. The molecule has 152 valence electrons. The van der Waals surface area contributed by atoms with Crippen LogP contribution in [0.1, 0.15) is 45.3 Å². The summed E-state index contributed by atoms with van der Waals surface area (Å²) in [7, 11) is 0. The number of ether oxygens (including phenoxy) is 3. The van der Waals surface area contributed by atoms with Gasteiger partial charge in [0.2, 0.25) is 0 Å². The SMILES string of the molecule is CC(C)(COCCCC1(C)OCC(c2ccccc2)O1)COOCC(=O)O. The summed E-state index contributed by atoms with van der Waals surface area (Å²) >= 11 is 0. The van der Waals surface area contributed by atoms with E-state index in [0.29, 0.717) is 19.8 Å². The van der Waals surface area contributed by atoms with Crippen molar-refractivity contribution in [3.05, 3.63) is 35.9 Å². The van der Waals surface area contributed by atoms with E-state index < -0.39 is 18.4 Å². The highest BCUT2D eigenvalue weighted by molar-refractivity contribution is 5.67. The molecule has 0 aliphatic carbocycles. The summed E-state index contributed by atoms with van der Waals surface area (Å²) in [5.41, 5.74) is 0.852. The Bertz CT molecular complexity index is 575. The van der Waals surface area contributed by atoms with Crippen LogP contribution in [0, 0.1) is 5.41 Å². The summed E-state index contributed by atoms with van der Waals surface area (Å²) in [6.45, 7) is 7.29. The molecule has 2 unspecified atom stereocenters. The van der Waals surface area contributed by atoms with Crippen molar-refractivity contribution in [1.82, 2.24) is 0 Å². The Morgan fingerprint density at radius 1 is 1.26 bits per heavy atom. The van der Waals surface area contributed by atoms with E-state index in [1.807, 2.05) is 51.1 Å². The Labute approximate surface area is 160 Å². The van der Waals surface area contributed by atoms with Crippen LogP contribution >= 0.6 is 0 Å². The zero-order valence-electron chi connectivity index (χ0n) is 16.3. The van der Waals surface area contributed by atoms with Crippen LogP contribution in [0.5, 0.6) is 0 Å². The fourth-order valence-electron chi connectivity index (χ4n) is 2.76. The van der Waals surface area contributed by atoms with Crippen LogP contribution < -0.4 is 0 Å². The lowest BCUT2D eigenvalue weighted by Gasteiger charge is -2.25. The van der Waals surface area contributed by atoms with Crippen LogP contribution in [-0.4, -0.2) is 49.9 Å². The maximum Gasteiger partial charge on any atom is 0.333 e. The van der Waals surface area contributed by atoms with Crippen molar-refractivity contribution in [2.45, 2.75) is 45.5 Å². The van der Waals surface area contributed by atoms with Gasteiger partial charge in [-0.25, -0.2) is 14.6 Å². The van der Waals surface area contributed by atoms with Crippen molar-refractivity contribution >= 4 is 5.97 Å². The summed E-state index contributed by atoms with van der Waals surface area (Å²) in [4.78, 5) is 19.9. The highest BCUT2D eigenvalue weighted by Gasteiger charge is 2.37. The molecule has 2 rings (SSSR count). The van der Waals surface area contributed by atoms with Crippen LogP contribution in [0.4, 0.5) is 0 Å². The van der Waals surface area contributed by atoms with E-state index in [2.05, 4.69) is 4.89 Å². The van der Waals surface area contributed by atoms with Crippen molar-refractivity contribution in [3.8, 4) is 0 Å². The molecule has 7 nitrogen and oxygen atoms in total. The third-order valence-electron chi connectivity index (χ3n) is 4.23. The molecule has 1 saturated heterocycles. The summed E-state index contributed by atoms with van der Waals surface area (Å²) in [6, 6.07) is 10.1. The molecule has 1 aromatic rings. The lowest BCUT2D eigenvalue weighted by Crippen LogP contribution is -2.28. The predicted octanol–water partition coefficient (Wildman–Crippen LogP) is 3.35. The average molecular weight is 382 g/mol. The van der Waals surface area contributed by atoms with Gasteiger partial charge in [0.15, 0.2) is 12.4 Å². The van der Waals surface area contributed by atoms with Crippen molar-refractivity contribution in [3.63, 3.8) is 0 Å². The van der Waals surface area contributed by atoms with Gasteiger partial charge in [-0.2, -0.15) is 0 Å². The first-order valence-electron chi connectivity index (χ1n) is 9.20. The second-order valence-corrected chi connectivity index (χ2v) is 7.70. The minimum Gasteiger partial charge on any atom is -0.479 e. The fourth-order valence-corrected chi connectivity index (χ4v) is 2.76. The number of hydrogen-bond acceptors (Lipinski definition) is 6. The van der Waals surface area contributed by atoms with Crippen molar-refractivity contribution in [2.24, 2.45) is 5.41 Å². The molecule has 2 atom stereocenters. The van der Waals surface area contributed by atoms with Gasteiger partial charge in [-0.3, -0.25) is 0 Å². The molecule has 7 heteroatoms. The number of rotatable bonds is 12. The van der Waals surface area contributed by atoms with Crippen LogP contribution in [0.3, 0.4) is 0 Å². The third kappa shape index (κ3) is 7.94. The van der Waals surface area contributed by atoms with Gasteiger partial charge in [0, 0.05) is 18.4 Å². The number of hydrogen-bond donors (Lipinski definition) is 1. The molecule has 0 amide bonds. The lowest BCUT2D eigenvalue weighted by atomic mass is 9.96. The molecule has 1 aromatic carbocycles. The van der Waals surface area contributed by atoms with E-state index in [1.165, 1.54) is 0 Å². The lowest BCUT2D eigenvalue weighted by molar-refractivity contribution is -0.307. The standard InChI is InChI=1S/C20H30O7/c1-19(2,15-26-25-13-18(21)22)14-23-11-7-10-20(3)24-12-17(27-20)16-8-5-4-6-9-16/h4-6,8-9,17H,7,10-15H2,1-3H3,(H,21,22). The fraction of sp³-hybridized carbons (Fsp3) is 0.650. The molecule has 27 heavy (non-hydrogen) atoms. The van der Waals surface area contributed by atoms with E-state index >= 15 is 0 Å². The second kappa shape index (κ2) is 10.1. The van der Waals surface area contributed by atoms with E-state index in [0.717, 1.165) is 18.4 Å². The Morgan fingerprint density at radius 3 is 2.70 bits per heavy atom. The Hall–Kier alpha value is -1.51. The van der Waals surface area contributed by atoms with Crippen molar-refractivity contribution < 1.29 is 33.9 Å². The molecule has 0 radical (unpaired) electrons. The predicted molar refractivity (Wildman–Crippen MR) is 98.0 cm³/mol. The second-order valence-electron chi connectivity index (χ2n) is 7.70. The van der Waals surface area contributed by atoms with E-state index in [4.69, 9.17) is 24.2 Å². The van der Waals surface area contributed by atoms with Crippen molar-refractivity contribution in [1.29, 1.82) is 0 Å². The Morgan fingerprint density at radius 2 is 2.00 bits per heavy atom. The van der Waals surface area contributed by atoms with Crippen LogP contribution in [0.15, 0.2) is 30.3 Å². The minimum atomic E-state index is -1.07. The molecule has 1 fully saturated rings. The molecule has 1 aliphatic rings. The first kappa shape index (κ1) is 21.8. The van der Waals surface area contributed by atoms with Gasteiger partial charge in [0.1, 0.15) is 6.10 Å². The number of carboxylic acids is 1. The number of aliphatic carboxylic acids is 1. The molecule has 1 aliphatic heterocycles. The number of carboxylic acid groups (broad SMARTS) is 1. The zero-order valence-corrected chi connectivity index (χ0v) is 16.3. The smallest absolute Gasteiger partial charge is 0.333 e. The normalized spacial score (nSPS) is 22.9. The summed E-state index contributed by atoms with van der Waals surface area (Å²) < 4.78 is 17.7. The molecule has 0 spiro atoms. The molecule has 0 saturated carbocycles. The van der Waals surface area contributed by atoms with Crippen LogP contribution in [0.2, 0.25) is 0 Å². The number of carbonyl (C=O) groups is 1. The topological polar surface area (TPSA) is 83.5 Å². The molecular formula is C20H30O7. The van der Waals surface area contributed by atoms with Crippen LogP contribution in [-0.2, 0) is 28.8 Å². The van der Waals surface area contributed by atoms with E-state index in [1.54, 1.807) is 0 Å². The van der Waals surface area contributed by atoms with Gasteiger partial charge >= 0.3 is 5.97 Å². The Kier molecular flexibility index (Phi) is 8.19. The van der Waals surface area contributed by atoms with E-state index in [-0.39, 0.29) is 18.1 Å². The highest BCUT2D eigenvalue weighted by Crippen LogP contribution is 2.35.